The van der Waals surface area contributed by atoms with Crippen molar-refractivity contribution in [1.82, 2.24) is 15.3 Å². The summed E-state index contributed by atoms with van der Waals surface area (Å²) in [5.74, 6) is 0.0152. The summed E-state index contributed by atoms with van der Waals surface area (Å²) in [5.41, 5.74) is 2.16. The van der Waals surface area contributed by atoms with Gasteiger partial charge in [0.1, 0.15) is 11.6 Å². The highest BCUT2D eigenvalue weighted by molar-refractivity contribution is 5.91. The van der Waals surface area contributed by atoms with Crippen LogP contribution < -0.4 is 5.32 Å². The van der Waals surface area contributed by atoms with Gasteiger partial charge >= 0.3 is 0 Å². The first-order chi connectivity index (χ1) is 10.7. The monoisotopic (exact) mass is 295 g/mol. The molecule has 3 rings (SSSR count). The number of imidazole rings is 1. The molecule has 2 N–H and O–H groups in total. The summed E-state index contributed by atoms with van der Waals surface area (Å²) in [5, 5.41) is 2.71. The van der Waals surface area contributed by atoms with Crippen LogP contribution >= 0.6 is 0 Å². The topological polar surface area (TPSA) is 57.8 Å². The molecule has 0 fully saturated rings. The highest BCUT2D eigenvalue weighted by Crippen LogP contribution is 2.10. The Kier molecular flexibility index (Phi) is 3.96. The molecule has 1 aromatic heterocycles. The maximum atomic E-state index is 13.4. The Morgan fingerprint density at radius 2 is 1.95 bits per heavy atom. The first kappa shape index (κ1) is 14.0. The zero-order valence-corrected chi connectivity index (χ0v) is 11.7. The lowest BCUT2D eigenvalue weighted by Crippen LogP contribution is -2.20. The smallest absolute Gasteiger partial charge is 0.244 e. The van der Waals surface area contributed by atoms with Crippen LogP contribution in [0.1, 0.15) is 11.4 Å². The molecule has 1 amide bonds. The number of benzene rings is 2. The van der Waals surface area contributed by atoms with Crippen molar-refractivity contribution in [2.45, 2.75) is 6.54 Å². The Morgan fingerprint density at radius 1 is 1.18 bits per heavy atom. The fraction of sp³-hybridized carbons (Fsp3) is 0.0588. The minimum Gasteiger partial charge on any atom is -0.345 e. The van der Waals surface area contributed by atoms with Crippen LogP contribution in [0.4, 0.5) is 4.39 Å². The number of carbonyl (C=O) groups excluding carboxylic acids is 1. The fourth-order valence-corrected chi connectivity index (χ4v) is 2.09. The summed E-state index contributed by atoms with van der Waals surface area (Å²) in [7, 11) is 0. The fourth-order valence-electron chi connectivity index (χ4n) is 2.09. The Hall–Kier alpha value is -2.95. The van der Waals surface area contributed by atoms with Crippen LogP contribution in [0.5, 0.6) is 0 Å². The van der Waals surface area contributed by atoms with Gasteiger partial charge in [0.15, 0.2) is 0 Å². The van der Waals surface area contributed by atoms with E-state index in [-0.39, 0.29) is 18.3 Å². The zero-order valence-electron chi connectivity index (χ0n) is 11.7. The van der Waals surface area contributed by atoms with E-state index in [2.05, 4.69) is 15.3 Å². The molecule has 22 heavy (non-hydrogen) atoms. The van der Waals surface area contributed by atoms with Crippen molar-refractivity contribution in [3.63, 3.8) is 0 Å². The molecule has 0 saturated carbocycles. The molecule has 0 aliphatic rings. The summed E-state index contributed by atoms with van der Waals surface area (Å²) in [6.45, 7) is 0.287. The van der Waals surface area contributed by atoms with Crippen LogP contribution in [0, 0.1) is 5.82 Å². The van der Waals surface area contributed by atoms with Gasteiger partial charge < -0.3 is 10.3 Å². The van der Waals surface area contributed by atoms with E-state index in [1.807, 2.05) is 24.3 Å². The molecule has 1 heterocycles. The second-order valence-electron chi connectivity index (χ2n) is 4.77. The molecule has 110 valence electrons. The number of carbonyl (C=O) groups is 1. The summed E-state index contributed by atoms with van der Waals surface area (Å²) in [6, 6.07) is 13.9. The predicted octanol–water partition coefficient (Wildman–Crippen LogP) is 3.03. The van der Waals surface area contributed by atoms with E-state index in [1.54, 1.807) is 18.2 Å². The molecule has 5 heteroatoms. The standard InChI is InChI=1S/C17H14FN3O/c18-13-6-2-1-5-12(13)9-10-17(22)19-11-16-20-14-7-3-4-8-15(14)21-16/h1-10H,11H2,(H,19,22)(H,20,21)/b10-9+. The van der Waals surface area contributed by atoms with Crippen molar-refractivity contribution in [1.29, 1.82) is 0 Å². The van der Waals surface area contributed by atoms with Gasteiger partial charge in [0, 0.05) is 11.6 Å². The van der Waals surface area contributed by atoms with Crippen molar-refractivity contribution in [3.8, 4) is 0 Å². The number of nitrogens with zero attached hydrogens (tertiary/aromatic N) is 1. The number of rotatable bonds is 4. The maximum Gasteiger partial charge on any atom is 0.244 e. The Balaban J connectivity index is 1.61. The van der Waals surface area contributed by atoms with Crippen LogP contribution in [-0.4, -0.2) is 15.9 Å². The Morgan fingerprint density at radius 3 is 2.77 bits per heavy atom. The number of para-hydroxylation sites is 2. The largest absolute Gasteiger partial charge is 0.345 e. The van der Waals surface area contributed by atoms with Crippen molar-refractivity contribution in [3.05, 3.63) is 71.8 Å². The van der Waals surface area contributed by atoms with E-state index in [1.165, 1.54) is 18.2 Å². The van der Waals surface area contributed by atoms with Gasteiger partial charge in [0.25, 0.3) is 0 Å². The van der Waals surface area contributed by atoms with Crippen LogP contribution in [0.25, 0.3) is 17.1 Å². The number of nitrogens with one attached hydrogen (secondary N) is 2. The van der Waals surface area contributed by atoms with Gasteiger partial charge in [-0.15, -0.1) is 0 Å². The molecule has 4 nitrogen and oxygen atoms in total. The molecule has 0 radical (unpaired) electrons. The molecular formula is C17H14FN3O. The zero-order chi connectivity index (χ0) is 15.4. The van der Waals surface area contributed by atoms with Crippen LogP contribution in [0.3, 0.4) is 0 Å². The molecule has 0 unspecified atom stereocenters. The van der Waals surface area contributed by atoms with Gasteiger partial charge in [-0.3, -0.25) is 4.79 Å². The third-order valence-corrected chi connectivity index (χ3v) is 3.19. The maximum absolute atomic E-state index is 13.4. The lowest BCUT2D eigenvalue weighted by Gasteiger charge is -1.99. The molecule has 0 saturated heterocycles. The SMILES string of the molecule is O=C(/C=C/c1ccccc1F)NCc1nc2ccccc2[nH]1. The number of hydrogen-bond donors (Lipinski definition) is 2. The minimum absolute atomic E-state index is 0.287. The first-order valence-corrected chi connectivity index (χ1v) is 6.86. The van der Waals surface area contributed by atoms with Gasteiger partial charge in [0.2, 0.25) is 5.91 Å². The lowest BCUT2D eigenvalue weighted by atomic mass is 10.2. The Labute approximate surface area is 126 Å². The van der Waals surface area contributed by atoms with Gasteiger partial charge in [-0.25, -0.2) is 9.37 Å². The number of aromatic nitrogens is 2. The predicted molar refractivity (Wildman–Crippen MR) is 83.4 cm³/mol. The van der Waals surface area contributed by atoms with E-state index in [4.69, 9.17) is 0 Å². The lowest BCUT2D eigenvalue weighted by molar-refractivity contribution is -0.116. The second kappa shape index (κ2) is 6.22. The highest BCUT2D eigenvalue weighted by Gasteiger charge is 2.03. The first-order valence-electron chi connectivity index (χ1n) is 6.86. The molecule has 0 aliphatic heterocycles. The third kappa shape index (κ3) is 3.20. The average molecular weight is 295 g/mol. The van der Waals surface area contributed by atoms with Crippen LogP contribution in [-0.2, 0) is 11.3 Å². The number of hydrogen-bond acceptors (Lipinski definition) is 2. The van der Waals surface area contributed by atoms with Crippen LogP contribution in [0.15, 0.2) is 54.6 Å². The van der Waals surface area contributed by atoms with E-state index in [0.29, 0.717) is 11.4 Å². The van der Waals surface area contributed by atoms with Gasteiger partial charge in [-0.05, 0) is 24.3 Å². The minimum atomic E-state index is -0.358. The molecule has 0 bridgehead atoms. The molecule has 0 spiro atoms. The van der Waals surface area contributed by atoms with Gasteiger partial charge in [-0.1, -0.05) is 30.3 Å². The number of aromatic amines is 1. The number of fused-ring (bicyclic) bond motifs is 1. The molecule has 0 atom stereocenters. The van der Waals surface area contributed by atoms with E-state index in [9.17, 15) is 9.18 Å². The quantitative estimate of drug-likeness (QED) is 0.727. The molecule has 0 aliphatic carbocycles. The highest BCUT2D eigenvalue weighted by atomic mass is 19.1. The van der Waals surface area contributed by atoms with Crippen molar-refractivity contribution < 1.29 is 9.18 Å². The molecule has 2 aromatic carbocycles. The normalized spacial score (nSPS) is 11.1. The van der Waals surface area contributed by atoms with Crippen molar-refractivity contribution >= 4 is 23.0 Å². The number of H-pyrrole nitrogens is 1. The summed E-state index contributed by atoms with van der Waals surface area (Å²) >= 11 is 0. The van der Waals surface area contributed by atoms with Crippen molar-refractivity contribution in [2.75, 3.05) is 0 Å². The summed E-state index contributed by atoms with van der Waals surface area (Å²) in [6.07, 6.45) is 2.75. The summed E-state index contributed by atoms with van der Waals surface area (Å²) in [4.78, 5) is 19.2. The number of amides is 1. The van der Waals surface area contributed by atoms with Crippen molar-refractivity contribution in [2.24, 2.45) is 0 Å². The van der Waals surface area contributed by atoms with E-state index in [0.717, 1.165) is 11.0 Å². The van der Waals surface area contributed by atoms with E-state index >= 15 is 0 Å². The van der Waals surface area contributed by atoms with Gasteiger partial charge in [-0.2, -0.15) is 0 Å². The average Bonchev–Trinajstić information content (AvgIpc) is 2.95. The van der Waals surface area contributed by atoms with Crippen LogP contribution in [0.2, 0.25) is 0 Å². The molecule has 3 aromatic rings. The van der Waals surface area contributed by atoms with E-state index < -0.39 is 0 Å². The van der Waals surface area contributed by atoms with Gasteiger partial charge in [0.05, 0.1) is 17.6 Å². The Bertz CT molecular complexity index is 806. The second-order valence-corrected chi connectivity index (χ2v) is 4.77. The summed E-state index contributed by atoms with van der Waals surface area (Å²) < 4.78 is 13.4. The number of halogens is 1. The third-order valence-electron chi connectivity index (χ3n) is 3.19. The molecular weight excluding hydrogens is 281 g/mol.